The number of carbonyl (C=O) groups is 2. The van der Waals surface area contributed by atoms with Gasteiger partial charge >= 0.3 is 17.7 Å². The van der Waals surface area contributed by atoms with E-state index < -0.39 is 27.8 Å². The highest BCUT2D eigenvalue weighted by Crippen LogP contribution is 2.35. The summed E-state index contributed by atoms with van der Waals surface area (Å²) in [7, 11) is 1.25. The number of aromatic nitrogens is 2. The van der Waals surface area contributed by atoms with Crippen molar-refractivity contribution in [1.29, 1.82) is 0 Å². The lowest BCUT2D eigenvalue weighted by Crippen LogP contribution is -2.33. The number of thioether (sulfide) groups is 1. The Hall–Kier alpha value is -2.92. The zero-order valence-corrected chi connectivity index (χ0v) is 17.3. The molecule has 0 aliphatic rings. The predicted molar refractivity (Wildman–Crippen MR) is 106 cm³/mol. The standard InChI is InChI=1S/C17H17ClN4O6S/c1-4-28-17(24)21(9-10-6-5-7-11(8-10)15(23)27-2)14-12(22(25)26)13(18)19-16(20-14)29-3/h5-8H,4,9H2,1-3H3. The SMILES string of the molecule is CCOC(=O)N(Cc1cccc(C(=O)OC)c1)c1nc(SC)nc(Cl)c1[N+](=O)[O-]. The van der Waals surface area contributed by atoms with Crippen molar-refractivity contribution in [3.8, 4) is 0 Å². The van der Waals surface area contributed by atoms with E-state index in [9.17, 15) is 19.7 Å². The Balaban J connectivity index is 2.58. The summed E-state index contributed by atoms with van der Waals surface area (Å²) in [6, 6.07) is 6.28. The summed E-state index contributed by atoms with van der Waals surface area (Å²) in [5, 5.41) is 11.3. The Morgan fingerprint density at radius 3 is 2.66 bits per heavy atom. The van der Waals surface area contributed by atoms with Gasteiger partial charge in [0.1, 0.15) is 0 Å². The summed E-state index contributed by atoms with van der Waals surface area (Å²) in [4.78, 5) is 44.1. The monoisotopic (exact) mass is 440 g/mol. The minimum Gasteiger partial charge on any atom is -0.465 e. The van der Waals surface area contributed by atoms with Crippen molar-refractivity contribution in [2.75, 3.05) is 24.9 Å². The van der Waals surface area contributed by atoms with Crippen LogP contribution < -0.4 is 4.90 Å². The Morgan fingerprint density at radius 2 is 2.07 bits per heavy atom. The van der Waals surface area contributed by atoms with Crippen molar-refractivity contribution in [1.82, 2.24) is 9.97 Å². The number of nitrogens with zero attached hydrogens (tertiary/aromatic N) is 4. The number of benzene rings is 1. The van der Waals surface area contributed by atoms with E-state index in [0.29, 0.717) is 5.56 Å². The molecule has 12 heteroatoms. The van der Waals surface area contributed by atoms with Gasteiger partial charge in [-0.15, -0.1) is 0 Å². The van der Waals surface area contributed by atoms with Crippen LogP contribution in [0.2, 0.25) is 5.15 Å². The van der Waals surface area contributed by atoms with E-state index in [1.807, 2.05) is 0 Å². The van der Waals surface area contributed by atoms with Crippen LogP contribution in [0.5, 0.6) is 0 Å². The molecule has 0 saturated carbocycles. The largest absolute Gasteiger partial charge is 0.465 e. The quantitative estimate of drug-likeness (QED) is 0.158. The fourth-order valence-electron chi connectivity index (χ4n) is 2.36. The molecule has 0 aliphatic heterocycles. The lowest BCUT2D eigenvalue weighted by Gasteiger charge is -2.21. The zero-order valence-electron chi connectivity index (χ0n) is 15.7. The number of hydrogen-bond acceptors (Lipinski definition) is 9. The number of carbonyl (C=O) groups excluding carboxylic acids is 2. The van der Waals surface area contributed by atoms with Gasteiger partial charge in [0.15, 0.2) is 5.16 Å². The van der Waals surface area contributed by atoms with Crippen molar-refractivity contribution in [3.63, 3.8) is 0 Å². The first-order chi connectivity index (χ1) is 13.8. The van der Waals surface area contributed by atoms with Gasteiger partial charge in [0.25, 0.3) is 0 Å². The minimum absolute atomic E-state index is 0.0412. The van der Waals surface area contributed by atoms with Crippen LogP contribution in [-0.4, -0.2) is 46.9 Å². The average molecular weight is 441 g/mol. The van der Waals surface area contributed by atoms with Crippen LogP contribution >= 0.6 is 23.4 Å². The van der Waals surface area contributed by atoms with Crippen molar-refractivity contribution < 1.29 is 24.0 Å². The number of hydrogen-bond donors (Lipinski definition) is 0. The number of ether oxygens (including phenoxy) is 2. The van der Waals surface area contributed by atoms with Crippen LogP contribution in [0.1, 0.15) is 22.8 Å². The third-order valence-electron chi connectivity index (χ3n) is 3.60. The second-order valence-electron chi connectivity index (χ2n) is 5.41. The molecule has 2 rings (SSSR count). The molecule has 0 N–H and O–H groups in total. The Labute approximate surface area is 175 Å². The fourth-order valence-corrected chi connectivity index (χ4v) is 3.00. The van der Waals surface area contributed by atoms with E-state index in [1.54, 1.807) is 31.4 Å². The first-order valence-corrected chi connectivity index (χ1v) is 9.80. The second-order valence-corrected chi connectivity index (χ2v) is 6.54. The van der Waals surface area contributed by atoms with E-state index in [1.165, 1.54) is 13.2 Å². The van der Waals surface area contributed by atoms with E-state index in [2.05, 4.69) is 14.7 Å². The molecule has 29 heavy (non-hydrogen) atoms. The maximum Gasteiger partial charge on any atom is 0.415 e. The molecule has 154 valence electrons. The smallest absolute Gasteiger partial charge is 0.415 e. The number of amides is 1. The first-order valence-electron chi connectivity index (χ1n) is 8.19. The molecule has 0 aliphatic carbocycles. The first kappa shape index (κ1) is 22.4. The molecule has 1 aromatic carbocycles. The molecule has 1 amide bonds. The van der Waals surface area contributed by atoms with Crippen LogP contribution in [0.4, 0.5) is 16.3 Å². The van der Waals surface area contributed by atoms with Gasteiger partial charge in [-0.2, -0.15) is 4.98 Å². The van der Waals surface area contributed by atoms with E-state index in [-0.39, 0.29) is 29.7 Å². The van der Waals surface area contributed by atoms with E-state index in [0.717, 1.165) is 16.7 Å². The molecular formula is C17H17ClN4O6S. The van der Waals surface area contributed by atoms with E-state index in [4.69, 9.17) is 16.3 Å². The van der Waals surface area contributed by atoms with Crippen LogP contribution in [0.3, 0.4) is 0 Å². The third-order valence-corrected chi connectivity index (χ3v) is 4.41. The summed E-state index contributed by atoms with van der Waals surface area (Å²) >= 11 is 7.08. The number of anilines is 1. The van der Waals surface area contributed by atoms with Crippen molar-refractivity contribution in [2.24, 2.45) is 0 Å². The van der Waals surface area contributed by atoms with Gasteiger partial charge in [-0.3, -0.25) is 15.0 Å². The molecule has 0 fully saturated rings. The number of rotatable bonds is 7. The molecular weight excluding hydrogens is 424 g/mol. The summed E-state index contributed by atoms with van der Waals surface area (Å²) in [5.41, 5.74) is 0.131. The van der Waals surface area contributed by atoms with Crippen molar-refractivity contribution >= 4 is 46.9 Å². The van der Waals surface area contributed by atoms with Gasteiger partial charge in [-0.25, -0.2) is 14.6 Å². The normalized spacial score (nSPS) is 10.3. The van der Waals surface area contributed by atoms with Gasteiger partial charge in [0, 0.05) is 0 Å². The molecule has 1 aromatic heterocycles. The highest BCUT2D eigenvalue weighted by atomic mass is 35.5. The van der Waals surface area contributed by atoms with Gasteiger partial charge in [-0.1, -0.05) is 35.5 Å². The number of methoxy groups -OCH3 is 1. The molecule has 0 radical (unpaired) electrons. The lowest BCUT2D eigenvalue weighted by atomic mass is 10.1. The Kier molecular flexibility index (Phi) is 7.74. The molecule has 0 atom stereocenters. The van der Waals surface area contributed by atoms with Crippen LogP contribution in [0.15, 0.2) is 29.4 Å². The fraction of sp³-hybridized carbons (Fsp3) is 0.294. The maximum atomic E-state index is 12.6. The summed E-state index contributed by atoms with van der Waals surface area (Å²) in [6.45, 7) is 1.48. The highest BCUT2D eigenvalue weighted by molar-refractivity contribution is 7.98. The molecule has 1 heterocycles. The number of halogens is 1. The average Bonchev–Trinajstić information content (AvgIpc) is 2.70. The Bertz CT molecular complexity index is 942. The molecule has 2 aromatic rings. The molecule has 0 unspecified atom stereocenters. The topological polar surface area (TPSA) is 125 Å². The summed E-state index contributed by atoms with van der Waals surface area (Å²) < 4.78 is 9.73. The van der Waals surface area contributed by atoms with Crippen molar-refractivity contribution in [3.05, 3.63) is 50.7 Å². The second kappa shape index (κ2) is 10.0. The highest BCUT2D eigenvalue weighted by Gasteiger charge is 2.32. The van der Waals surface area contributed by atoms with E-state index >= 15 is 0 Å². The van der Waals surface area contributed by atoms with Gasteiger partial charge in [0.05, 0.1) is 30.7 Å². The zero-order chi connectivity index (χ0) is 21.6. The van der Waals surface area contributed by atoms with Crippen LogP contribution in [0.25, 0.3) is 0 Å². The number of nitro groups is 1. The van der Waals surface area contributed by atoms with Crippen LogP contribution in [0, 0.1) is 10.1 Å². The van der Waals surface area contributed by atoms with Crippen molar-refractivity contribution in [2.45, 2.75) is 18.6 Å². The maximum absolute atomic E-state index is 12.6. The van der Waals surface area contributed by atoms with Gasteiger partial charge < -0.3 is 9.47 Å². The number of esters is 1. The molecule has 0 bridgehead atoms. The predicted octanol–water partition coefficient (Wildman–Crippen LogP) is 3.71. The summed E-state index contributed by atoms with van der Waals surface area (Å²) in [6.07, 6.45) is 0.802. The summed E-state index contributed by atoms with van der Waals surface area (Å²) in [5.74, 6) is -0.864. The molecule has 10 nitrogen and oxygen atoms in total. The van der Waals surface area contributed by atoms with Crippen LogP contribution in [-0.2, 0) is 16.0 Å². The minimum atomic E-state index is -0.860. The lowest BCUT2D eigenvalue weighted by molar-refractivity contribution is -0.384. The third kappa shape index (κ3) is 5.33. The molecule has 0 spiro atoms. The van der Waals surface area contributed by atoms with Gasteiger partial charge in [0.2, 0.25) is 11.0 Å². The van der Waals surface area contributed by atoms with Gasteiger partial charge in [-0.05, 0) is 30.9 Å². The molecule has 0 saturated heterocycles. The Morgan fingerprint density at radius 1 is 1.34 bits per heavy atom.